The molecule has 1 amide bonds. The van der Waals surface area contributed by atoms with E-state index in [4.69, 9.17) is 4.74 Å². The molecule has 2 aromatic heterocycles. The van der Waals surface area contributed by atoms with Crippen molar-refractivity contribution in [2.24, 2.45) is 0 Å². The molecule has 0 aliphatic carbocycles. The molecular formula is C17H19N5O2S2. The molecule has 0 saturated carbocycles. The molecular weight excluding hydrogens is 370 g/mol. The second-order valence-electron chi connectivity index (χ2n) is 5.39. The summed E-state index contributed by atoms with van der Waals surface area (Å²) in [7, 11) is 1.80. The molecule has 0 bridgehead atoms. The summed E-state index contributed by atoms with van der Waals surface area (Å²) in [5.41, 5.74) is 0.751. The number of para-hydroxylation sites is 2. The minimum atomic E-state index is 0.0241. The standard InChI is InChI=1S/C17H19N5O2S2/c1-3-24-15-9-5-4-8-14(15)22-17(18-19-20-22)26-12-16(23)21(2)11-13-7-6-10-25-13/h4-10H,3,11-12H2,1-2H3. The minimum Gasteiger partial charge on any atom is -0.492 e. The van der Waals surface area contributed by atoms with Crippen molar-refractivity contribution in [1.82, 2.24) is 25.1 Å². The fourth-order valence-corrected chi connectivity index (χ4v) is 3.87. The van der Waals surface area contributed by atoms with Crippen molar-refractivity contribution >= 4 is 29.0 Å². The molecule has 0 spiro atoms. The zero-order valence-corrected chi connectivity index (χ0v) is 16.2. The fourth-order valence-electron chi connectivity index (χ4n) is 2.29. The number of hydrogen-bond acceptors (Lipinski definition) is 7. The zero-order chi connectivity index (χ0) is 18.4. The summed E-state index contributed by atoms with van der Waals surface area (Å²) in [5.74, 6) is 0.986. The molecule has 1 aromatic carbocycles. The third-order valence-electron chi connectivity index (χ3n) is 3.56. The molecule has 0 radical (unpaired) electrons. The first-order chi connectivity index (χ1) is 12.7. The number of hydrogen-bond donors (Lipinski definition) is 0. The minimum absolute atomic E-state index is 0.0241. The molecule has 0 aliphatic heterocycles. The number of tetrazole rings is 1. The predicted molar refractivity (Wildman–Crippen MR) is 102 cm³/mol. The van der Waals surface area contributed by atoms with Gasteiger partial charge < -0.3 is 9.64 Å². The van der Waals surface area contributed by atoms with Crippen LogP contribution in [0.5, 0.6) is 5.75 Å². The van der Waals surface area contributed by atoms with Crippen LogP contribution in [0.4, 0.5) is 0 Å². The summed E-state index contributed by atoms with van der Waals surface area (Å²) >= 11 is 2.95. The number of ether oxygens (including phenoxy) is 1. The number of rotatable bonds is 8. The average Bonchev–Trinajstić information content (AvgIpc) is 3.32. The van der Waals surface area contributed by atoms with Crippen molar-refractivity contribution in [3.8, 4) is 11.4 Å². The van der Waals surface area contributed by atoms with Crippen LogP contribution in [0.3, 0.4) is 0 Å². The van der Waals surface area contributed by atoms with Crippen molar-refractivity contribution in [2.75, 3.05) is 19.4 Å². The summed E-state index contributed by atoms with van der Waals surface area (Å²) in [5, 5.41) is 14.4. The van der Waals surface area contributed by atoms with E-state index in [9.17, 15) is 4.79 Å². The lowest BCUT2D eigenvalue weighted by molar-refractivity contribution is -0.127. The van der Waals surface area contributed by atoms with Gasteiger partial charge in [0.15, 0.2) is 0 Å². The Morgan fingerprint density at radius 1 is 1.31 bits per heavy atom. The monoisotopic (exact) mass is 389 g/mol. The van der Waals surface area contributed by atoms with Crippen LogP contribution in [0.2, 0.25) is 0 Å². The van der Waals surface area contributed by atoms with Gasteiger partial charge >= 0.3 is 0 Å². The molecule has 0 aliphatic rings. The van der Waals surface area contributed by atoms with Crippen LogP contribution in [-0.2, 0) is 11.3 Å². The number of thiophene rings is 1. The number of aromatic nitrogens is 4. The maximum atomic E-state index is 12.4. The molecule has 9 heteroatoms. The number of amides is 1. The molecule has 0 atom stereocenters. The number of thioether (sulfide) groups is 1. The van der Waals surface area contributed by atoms with Crippen LogP contribution in [0.25, 0.3) is 5.69 Å². The van der Waals surface area contributed by atoms with Gasteiger partial charge in [-0.2, -0.15) is 4.68 Å². The van der Waals surface area contributed by atoms with Gasteiger partial charge in [-0.15, -0.1) is 16.4 Å². The van der Waals surface area contributed by atoms with Gasteiger partial charge in [0, 0.05) is 11.9 Å². The summed E-state index contributed by atoms with van der Waals surface area (Å²) in [6.45, 7) is 3.08. The zero-order valence-electron chi connectivity index (χ0n) is 14.5. The second kappa shape index (κ2) is 8.81. The predicted octanol–water partition coefficient (Wildman–Crippen LogP) is 2.87. The van der Waals surface area contributed by atoms with Crippen molar-refractivity contribution in [2.45, 2.75) is 18.6 Å². The highest BCUT2D eigenvalue weighted by Crippen LogP contribution is 2.26. The molecule has 0 unspecified atom stereocenters. The van der Waals surface area contributed by atoms with E-state index in [0.29, 0.717) is 24.1 Å². The van der Waals surface area contributed by atoms with Crippen LogP contribution >= 0.6 is 23.1 Å². The largest absolute Gasteiger partial charge is 0.492 e. The van der Waals surface area contributed by atoms with Crippen molar-refractivity contribution in [3.05, 3.63) is 46.7 Å². The van der Waals surface area contributed by atoms with E-state index in [1.54, 1.807) is 28.0 Å². The lowest BCUT2D eigenvalue weighted by Crippen LogP contribution is -2.27. The number of carbonyl (C=O) groups excluding carboxylic acids is 1. The molecule has 2 heterocycles. The van der Waals surface area contributed by atoms with Crippen molar-refractivity contribution in [1.29, 1.82) is 0 Å². The van der Waals surface area contributed by atoms with Crippen LogP contribution in [0, 0.1) is 0 Å². The molecule has 3 aromatic rings. The Labute approximate surface area is 160 Å². The van der Waals surface area contributed by atoms with Gasteiger partial charge in [0.05, 0.1) is 18.9 Å². The van der Waals surface area contributed by atoms with E-state index in [0.717, 1.165) is 10.6 Å². The molecule has 0 N–H and O–H groups in total. The van der Waals surface area contributed by atoms with Gasteiger partial charge in [0.2, 0.25) is 11.1 Å². The first-order valence-electron chi connectivity index (χ1n) is 8.08. The Hall–Kier alpha value is -2.39. The normalized spacial score (nSPS) is 10.7. The Bertz CT molecular complexity index is 850. The van der Waals surface area contributed by atoms with E-state index < -0.39 is 0 Å². The van der Waals surface area contributed by atoms with E-state index in [1.165, 1.54) is 11.8 Å². The molecule has 26 heavy (non-hydrogen) atoms. The smallest absolute Gasteiger partial charge is 0.233 e. The summed E-state index contributed by atoms with van der Waals surface area (Å²) < 4.78 is 7.24. The van der Waals surface area contributed by atoms with Crippen LogP contribution in [0.1, 0.15) is 11.8 Å². The highest BCUT2D eigenvalue weighted by Gasteiger charge is 2.16. The Kier molecular flexibility index (Phi) is 6.24. The maximum Gasteiger partial charge on any atom is 0.233 e. The Morgan fingerprint density at radius 3 is 2.92 bits per heavy atom. The van der Waals surface area contributed by atoms with E-state index in [1.807, 2.05) is 48.7 Å². The SMILES string of the molecule is CCOc1ccccc1-n1nnnc1SCC(=O)N(C)Cc1cccs1. The Balaban J connectivity index is 1.67. The van der Waals surface area contributed by atoms with Gasteiger partial charge in [0.25, 0.3) is 0 Å². The first kappa shape index (κ1) is 18.4. The highest BCUT2D eigenvalue weighted by atomic mass is 32.2. The van der Waals surface area contributed by atoms with E-state index in [-0.39, 0.29) is 11.7 Å². The Morgan fingerprint density at radius 2 is 2.15 bits per heavy atom. The number of benzene rings is 1. The van der Waals surface area contributed by atoms with Crippen LogP contribution in [-0.4, -0.2) is 50.4 Å². The lowest BCUT2D eigenvalue weighted by Gasteiger charge is -2.16. The van der Waals surface area contributed by atoms with Gasteiger partial charge in [-0.25, -0.2) is 0 Å². The van der Waals surface area contributed by atoms with Gasteiger partial charge in [0.1, 0.15) is 11.4 Å². The quantitative estimate of drug-likeness (QED) is 0.552. The summed E-state index contributed by atoms with van der Waals surface area (Å²) in [6.07, 6.45) is 0. The van der Waals surface area contributed by atoms with E-state index in [2.05, 4.69) is 15.5 Å². The molecule has 7 nitrogen and oxygen atoms in total. The van der Waals surface area contributed by atoms with E-state index >= 15 is 0 Å². The molecule has 136 valence electrons. The van der Waals surface area contributed by atoms with Crippen molar-refractivity contribution in [3.63, 3.8) is 0 Å². The maximum absolute atomic E-state index is 12.4. The number of carbonyl (C=O) groups is 1. The molecule has 0 saturated heterocycles. The molecule has 0 fully saturated rings. The lowest BCUT2D eigenvalue weighted by atomic mass is 10.3. The third kappa shape index (κ3) is 4.41. The van der Waals surface area contributed by atoms with Crippen molar-refractivity contribution < 1.29 is 9.53 Å². The molecule has 3 rings (SSSR count). The summed E-state index contributed by atoms with van der Waals surface area (Å²) in [6, 6.07) is 11.6. The third-order valence-corrected chi connectivity index (χ3v) is 5.32. The van der Waals surface area contributed by atoms with Gasteiger partial charge in [-0.3, -0.25) is 4.79 Å². The number of nitrogens with zero attached hydrogens (tertiary/aromatic N) is 5. The van der Waals surface area contributed by atoms with Crippen LogP contribution < -0.4 is 4.74 Å². The van der Waals surface area contributed by atoms with Gasteiger partial charge in [-0.1, -0.05) is 30.0 Å². The summed E-state index contributed by atoms with van der Waals surface area (Å²) in [4.78, 5) is 15.3. The first-order valence-corrected chi connectivity index (χ1v) is 9.95. The topological polar surface area (TPSA) is 73.1 Å². The highest BCUT2D eigenvalue weighted by molar-refractivity contribution is 7.99. The van der Waals surface area contributed by atoms with Crippen LogP contribution in [0.15, 0.2) is 46.9 Å². The second-order valence-corrected chi connectivity index (χ2v) is 7.37. The fraction of sp³-hybridized carbons (Fsp3) is 0.294. The average molecular weight is 390 g/mol. The van der Waals surface area contributed by atoms with Gasteiger partial charge in [-0.05, 0) is 40.9 Å².